The largest absolute Gasteiger partial charge is 0.465 e. The van der Waals surface area contributed by atoms with Gasteiger partial charge in [0.2, 0.25) is 0 Å². The van der Waals surface area contributed by atoms with E-state index < -0.39 is 0 Å². The molecule has 1 unspecified atom stereocenters. The first-order valence-corrected chi connectivity index (χ1v) is 5.53. The summed E-state index contributed by atoms with van der Waals surface area (Å²) in [5.41, 5.74) is 0.198. The molecule has 0 radical (unpaired) electrons. The Morgan fingerprint density at radius 2 is 1.93 bits per heavy atom. The van der Waals surface area contributed by atoms with Crippen LogP contribution in [0.1, 0.15) is 53.9 Å². The monoisotopic (exact) mass is 200 g/mol. The first kappa shape index (κ1) is 13.5. The maximum atomic E-state index is 11.5. The minimum absolute atomic E-state index is 0.0202. The van der Waals surface area contributed by atoms with Gasteiger partial charge in [0.05, 0.1) is 12.5 Å². The van der Waals surface area contributed by atoms with E-state index in [-0.39, 0.29) is 17.3 Å². The molecule has 0 aromatic heterocycles. The molecule has 0 N–H and O–H groups in total. The van der Waals surface area contributed by atoms with Crippen LogP contribution < -0.4 is 0 Å². The molecule has 0 saturated heterocycles. The SMILES string of the molecule is CCCCOC(=O)C(C)CC(C)(C)C. The Labute approximate surface area is 88.0 Å². The quantitative estimate of drug-likeness (QED) is 0.502. The molecule has 0 aliphatic heterocycles. The molecule has 84 valence electrons. The molecule has 0 amide bonds. The normalized spacial score (nSPS) is 13.8. The summed E-state index contributed by atoms with van der Waals surface area (Å²) in [6.07, 6.45) is 2.92. The Balaban J connectivity index is 3.77. The second-order valence-corrected chi connectivity index (χ2v) is 5.19. The highest BCUT2D eigenvalue weighted by Crippen LogP contribution is 2.24. The highest BCUT2D eigenvalue weighted by Gasteiger charge is 2.21. The molecule has 14 heavy (non-hydrogen) atoms. The van der Waals surface area contributed by atoms with Gasteiger partial charge in [0, 0.05) is 0 Å². The summed E-state index contributed by atoms with van der Waals surface area (Å²) in [7, 11) is 0. The maximum absolute atomic E-state index is 11.5. The van der Waals surface area contributed by atoms with Gasteiger partial charge in [-0.25, -0.2) is 0 Å². The Hall–Kier alpha value is -0.530. The first-order chi connectivity index (χ1) is 6.37. The zero-order valence-electron chi connectivity index (χ0n) is 10.2. The van der Waals surface area contributed by atoms with E-state index in [0.717, 1.165) is 19.3 Å². The lowest BCUT2D eigenvalue weighted by Gasteiger charge is -2.21. The summed E-state index contributed by atoms with van der Waals surface area (Å²) in [5.74, 6) is -0.0276. The van der Waals surface area contributed by atoms with Crippen molar-refractivity contribution < 1.29 is 9.53 Å². The van der Waals surface area contributed by atoms with Crippen LogP contribution in [0.15, 0.2) is 0 Å². The summed E-state index contributed by atoms with van der Waals surface area (Å²) in [4.78, 5) is 11.5. The fourth-order valence-corrected chi connectivity index (χ4v) is 1.46. The van der Waals surface area contributed by atoms with E-state index in [9.17, 15) is 4.79 Å². The van der Waals surface area contributed by atoms with E-state index in [2.05, 4.69) is 27.7 Å². The number of carbonyl (C=O) groups is 1. The van der Waals surface area contributed by atoms with Crippen LogP contribution in [-0.4, -0.2) is 12.6 Å². The number of unbranched alkanes of at least 4 members (excludes halogenated alkanes) is 1. The average Bonchev–Trinajstić information content (AvgIpc) is 2.01. The van der Waals surface area contributed by atoms with E-state index in [1.165, 1.54) is 0 Å². The first-order valence-electron chi connectivity index (χ1n) is 5.53. The van der Waals surface area contributed by atoms with Crippen molar-refractivity contribution in [2.75, 3.05) is 6.61 Å². The van der Waals surface area contributed by atoms with Gasteiger partial charge in [-0.3, -0.25) is 4.79 Å². The zero-order chi connectivity index (χ0) is 11.2. The maximum Gasteiger partial charge on any atom is 0.308 e. The molecular weight excluding hydrogens is 176 g/mol. The molecular formula is C12H24O2. The summed E-state index contributed by atoms with van der Waals surface area (Å²) in [5, 5.41) is 0. The third kappa shape index (κ3) is 6.93. The van der Waals surface area contributed by atoms with Crippen molar-refractivity contribution in [3.05, 3.63) is 0 Å². The number of rotatable bonds is 5. The van der Waals surface area contributed by atoms with Gasteiger partial charge in [-0.15, -0.1) is 0 Å². The fraction of sp³-hybridized carbons (Fsp3) is 0.917. The van der Waals surface area contributed by atoms with Crippen LogP contribution in [-0.2, 0) is 9.53 Å². The lowest BCUT2D eigenvalue weighted by molar-refractivity contribution is -0.149. The van der Waals surface area contributed by atoms with Crippen molar-refractivity contribution in [3.63, 3.8) is 0 Å². The standard InChI is InChI=1S/C12H24O2/c1-6-7-8-14-11(13)10(2)9-12(3,4)5/h10H,6-9H2,1-5H3. The van der Waals surface area contributed by atoms with E-state index in [1.807, 2.05) is 6.92 Å². The molecule has 0 heterocycles. The van der Waals surface area contributed by atoms with Gasteiger partial charge in [-0.1, -0.05) is 41.0 Å². The number of ether oxygens (including phenoxy) is 1. The van der Waals surface area contributed by atoms with Gasteiger partial charge in [-0.2, -0.15) is 0 Å². The number of hydrogen-bond donors (Lipinski definition) is 0. The van der Waals surface area contributed by atoms with Crippen LogP contribution in [0.4, 0.5) is 0 Å². The molecule has 0 aromatic rings. The van der Waals surface area contributed by atoms with Gasteiger partial charge in [0.1, 0.15) is 0 Å². The van der Waals surface area contributed by atoms with E-state index in [1.54, 1.807) is 0 Å². The van der Waals surface area contributed by atoms with Crippen LogP contribution in [0, 0.1) is 11.3 Å². The second kappa shape index (κ2) is 6.05. The van der Waals surface area contributed by atoms with Crippen LogP contribution in [0.2, 0.25) is 0 Å². The minimum atomic E-state index is -0.0478. The Morgan fingerprint density at radius 3 is 2.36 bits per heavy atom. The van der Waals surface area contributed by atoms with Gasteiger partial charge >= 0.3 is 5.97 Å². The minimum Gasteiger partial charge on any atom is -0.465 e. The lowest BCUT2D eigenvalue weighted by atomic mass is 9.85. The van der Waals surface area contributed by atoms with Crippen molar-refractivity contribution in [3.8, 4) is 0 Å². The summed E-state index contributed by atoms with van der Waals surface area (Å²) < 4.78 is 5.15. The fourth-order valence-electron chi connectivity index (χ4n) is 1.46. The highest BCUT2D eigenvalue weighted by molar-refractivity contribution is 5.71. The van der Waals surface area contributed by atoms with Crippen molar-refractivity contribution in [2.45, 2.75) is 53.9 Å². The molecule has 1 atom stereocenters. The molecule has 2 nitrogen and oxygen atoms in total. The van der Waals surface area contributed by atoms with Crippen molar-refractivity contribution >= 4 is 5.97 Å². The Kier molecular flexibility index (Phi) is 5.82. The highest BCUT2D eigenvalue weighted by atomic mass is 16.5. The molecule has 0 bridgehead atoms. The van der Waals surface area contributed by atoms with Crippen molar-refractivity contribution in [2.24, 2.45) is 11.3 Å². The van der Waals surface area contributed by atoms with E-state index in [0.29, 0.717) is 6.61 Å². The molecule has 0 aliphatic rings. The van der Waals surface area contributed by atoms with Crippen LogP contribution in [0.3, 0.4) is 0 Å². The third-order valence-electron chi connectivity index (χ3n) is 2.06. The van der Waals surface area contributed by atoms with Gasteiger partial charge in [0.25, 0.3) is 0 Å². The molecule has 0 fully saturated rings. The lowest BCUT2D eigenvalue weighted by Crippen LogP contribution is -2.21. The third-order valence-corrected chi connectivity index (χ3v) is 2.06. The van der Waals surface area contributed by atoms with Crippen LogP contribution >= 0.6 is 0 Å². The van der Waals surface area contributed by atoms with Crippen molar-refractivity contribution in [1.29, 1.82) is 0 Å². The number of carbonyl (C=O) groups excluding carboxylic acids is 1. The van der Waals surface area contributed by atoms with Crippen LogP contribution in [0.5, 0.6) is 0 Å². The van der Waals surface area contributed by atoms with E-state index in [4.69, 9.17) is 4.74 Å². The van der Waals surface area contributed by atoms with E-state index >= 15 is 0 Å². The molecule has 2 heteroatoms. The van der Waals surface area contributed by atoms with Crippen LogP contribution in [0.25, 0.3) is 0 Å². The average molecular weight is 200 g/mol. The summed E-state index contributed by atoms with van der Waals surface area (Å²) in [6.45, 7) is 11.0. The Morgan fingerprint density at radius 1 is 1.36 bits per heavy atom. The second-order valence-electron chi connectivity index (χ2n) is 5.19. The summed E-state index contributed by atoms with van der Waals surface area (Å²) >= 11 is 0. The van der Waals surface area contributed by atoms with Crippen molar-refractivity contribution in [1.82, 2.24) is 0 Å². The summed E-state index contributed by atoms with van der Waals surface area (Å²) in [6, 6.07) is 0. The van der Waals surface area contributed by atoms with Gasteiger partial charge < -0.3 is 4.74 Å². The molecule has 0 aromatic carbocycles. The molecule has 0 rings (SSSR count). The zero-order valence-corrected chi connectivity index (χ0v) is 10.2. The predicted octanol–water partition coefficient (Wildman–Crippen LogP) is 3.40. The van der Waals surface area contributed by atoms with Gasteiger partial charge in [0.15, 0.2) is 0 Å². The van der Waals surface area contributed by atoms with Gasteiger partial charge in [-0.05, 0) is 18.3 Å². The smallest absolute Gasteiger partial charge is 0.308 e. The predicted molar refractivity (Wildman–Crippen MR) is 59.1 cm³/mol. The molecule has 0 saturated carbocycles. The number of esters is 1. The number of hydrogen-bond acceptors (Lipinski definition) is 2. The Bertz CT molecular complexity index is 168. The molecule has 0 aliphatic carbocycles. The topological polar surface area (TPSA) is 26.3 Å². The molecule has 0 spiro atoms.